The zero-order valence-electron chi connectivity index (χ0n) is 17.6. The molecule has 3 fully saturated rings. The van der Waals surface area contributed by atoms with E-state index in [0.717, 1.165) is 6.07 Å². The van der Waals surface area contributed by atoms with Crippen LogP contribution in [0.4, 0.5) is 4.39 Å². The van der Waals surface area contributed by atoms with Crippen molar-refractivity contribution in [3.63, 3.8) is 0 Å². The number of amides is 2. The monoisotopic (exact) mass is 472 g/mol. The maximum Gasteiger partial charge on any atom is 0.270 e. The minimum atomic E-state index is -0.855. The molecule has 2 aromatic rings. The Bertz CT molecular complexity index is 1110. The second-order valence-corrected chi connectivity index (χ2v) is 8.97. The fourth-order valence-corrected chi connectivity index (χ4v) is 4.71. The van der Waals surface area contributed by atoms with Crippen molar-refractivity contribution in [1.82, 2.24) is 15.6 Å². The minimum absolute atomic E-state index is 0.0382. The van der Waals surface area contributed by atoms with Gasteiger partial charge in [-0.15, -0.1) is 0 Å². The van der Waals surface area contributed by atoms with E-state index >= 15 is 0 Å². The molecule has 3 N–H and O–H groups in total. The first-order valence-corrected chi connectivity index (χ1v) is 10.9. The summed E-state index contributed by atoms with van der Waals surface area (Å²) in [6.07, 6.45) is 2.90. The number of aliphatic hydroxyl groups excluding tert-OH is 1. The number of hydrogen-bond donors (Lipinski definition) is 3. The predicted molar refractivity (Wildman–Crippen MR) is 116 cm³/mol. The van der Waals surface area contributed by atoms with Crippen molar-refractivity contribution in [2.45, 2.75) is 49.3 Å². The van der Waals surface area contributed by atoms with E-state index in [1.54, 1.807) is 0 Å². The van der Waals surface area contributed by atoms with Crippen molar-refractivity contribution < 1.29 is 23.8 Å². The molecule has 1 heterocycles. The van der Waals surface area contributed by atoms with Gasteiger partial charge in [0.2, 0.25) is 0 Å². The first-order chi connectivity index (χ1) is 15.7. The van der Waals surface area contributed by atoms with Crippen LogP contribution in [-0.4, -0.2) is 45.7 Å². The van der Waals surface area contributed by atoms with Crippen LogP contribution in [0.15, 0.2) is 36.5 Å². The van der Waals surface area contributed by atoms with Crippen LogP contribution in [-0.2, 0) is 4.79 Å². The molecule has 0 spiro atoms. The molecule has 0 saturated heterocycles. The van der Waals surface area contributed by atoms with Crippen LogP contribution in [0.5, 0.6) is 5.75 Å². The van der Waals surface area contributed by atoms with E-state index in [0.29, 0.717) is 37.7 Å². The van der Waals surface area contributed by atoms with Crippen LogP contribution in [0.2, 0.25) is 5.02 Å². The highest BCUT2D eigenvalue weighted by Crippen LogP contribution is 2.47. The van der Waals surface area contributed by atoms with Gasteiger partial charge in [0, 0.05) is 17.8 Å². The zero-order valence-corrected chi connectivity index (χ0v) is 18.4. The van der Waals surface area contributed by atoms with Gasteiger partial charge in [-0.2, -0.15) is 5.26 Å². The quantitative estimate of drug-likeness (QED) is 0.593. The molecule has 0 aliphatic heterocycles. The Labute approximate surface area is 194 Å². The third-order valence-corrected chi connectivity index (χ3v) is 6.78. The van der Waals surface area contributed by atoms with E-state index < -0.39 is 28.9 Å². The normalized spacial score (nSPS) is 25.7. The number of nitrogens with one attached hydrogen (secondary N) is 2. The fraction of sp³-hybridized carbons (Fsp3) is 0.391. The smallest absolute Gasteiger partial charge is 0.270 e. The lowest BCUT2D eigenvalue weighted by molar-refractivity contribution is -0.132. The highest BCUT2D eigenvalue weighted by molar-refractivity contribution is 6.30. The number of carbonyl (C=O) groups is 2. The Balaban J connectivity index is 1.34. The molecule has 2 amide bonds. The lowest BCUT2D eigenvalue weighted by Gasteiger charge is -2.56. The number of nitriles is 1. The van der Waals surface area contributed by atoms with Crippen molar-refractivity contribution in [2.75, 3.05) is 6.61 Å². The van der Waals surface area contributed by atoms with Gasteiger partial charge in [0.1, 0.15) is 23.3 Å². The molecule has 172 valence electrons. The summed E-state index contributed by atoms with van der Waals surface area (Å²) in [4.78, 5) is 29.2. The molecule has 8 nitrogen and oxygen atoms in total. The Morgan fingerprint density at radius 1 is 1.24 bits per heavy atom. The summed E-state index contributed by atoms with van der Waals surface area (Å²) in [5, 5.41) is 25.6. The van der Waals surface area contributed by atoms with Crippen LogP contribution in [0.1, 0.15) is 48.2 Å². The van der Waals surface area contributed by atoms with Crippen molar-refractivity contribution in [1.29, 1.82) is 5.26 Å². The molecule has 3 aliphatic carbocycles. The molecule has 1 aromatic carbocycles. The predicted octanol–water partition coefficient (Wildman–Crippen LogP) is 2.49. The van der Waals surface area contributed by atoms with Gasteiger partial charge >= 0.3 is 0 Å². The number of benzene rings is 1. The molecule has 10 heteroatoms. The van der Waals surface area contributed by atoms with Gasteiger partial charge in [-0.25, -0.2) is 9.37 Å². The molecule has 5 rings (SSSR count). The number of fused-ring (bicyclic) bond motifs is 3. The molecular formula is C23H22ClFN4O4. The van der Waals surface area contributed by atoms with Gasteiger partial charge in [-0.3, -0.25) is 9.59 Å². The second-order valence-electron chi connectivity index (χ2n) is 8.57. The second kappa shape index (κ2) is 8.96. The molecule has 1 unspecified atom stereocenters. The lowest BCUT2D eigenvalue weighted by atomic mass is 9.60. The van der Waals surface area contributed by atoms with Gasteiger partial charge < -0.3 is 20.5 Å². The molecule has 2 bridgehead atoms. The summed E-state index contributed by atoms with van der Waals surface area (Å²) in [6.45, 7) is -0.332. The van der Waals surface area contributed by atoms with Crippen LogP contribution in [0.3, 0.4) is 0 Å². The highest BCUT2D eigenvalue weighted by Gasteiger charge is 2.55. The Hall–Kier alpha value is -3.22. The average molecular weight is 473 g/mol. The standard InChI is InChI=1S/C23H22ClFN4O4/c24-16-3-2-15(9-17(16)25)33-13-20(31)28-23-7-5-22(6-8-23,10-19(23)30)29-21(32)18-4-1-14(11-26)12-27-18/h1-4,9,12,19,30H,5-8,10,13H2,(H,28,31)(H,29,32). The van der Waals surface area contributed by atoms with Crippen molar-refractivity contribution in [2.24, 2.45) is 0 Å². The molecule has 3 aliphatic rings. The summed E-state index contributed by atoms with van der Waals surface area (Å²) in [5.41, 5.74) is -0.827. The van der Waals surface area contributed by atoms with E-state index in [1.807, 2.05) is 6.07 Å². The molecule has 33 heavy (non-hydrogen) atoms. The molecule has 1 atom stereocenters. The number of aliphatic hydroxyl groups is 1. The van der Waals surface area contributed by atoms with E-state index in [2.05, 4.69) is 15.6 Å². The van der Waals surface area contributed by atoms with Crippen LogP contribution < -0.4 is 15.4 Å². The van der Waals surface area contributed by atoms with Crippen LogP contribution >= 0.6 is 11.6 Å². The van der Waals surface area contributed by atoms with Crippen molar-refractivity contribution >= 4 is 23.4 Å². The summed E-state index contributed by atoms with van der Waals surface area (Å²) >= 11 is 5.64. The summed E-state index contributed by atoms with van der Waals surface area (Å²) in [5.74, 6) is -1.26. The number of aromatic nitrogens is 1. The Morgan fingerprint density at radius 3 is 2.61 bits per heavy atom. The molecule has 3 saturated carbocycles. The first kappa shape index (κ1) is 23.0. The number of nitrogens with zero attached hydrogens (tertiary/aromatic N) is 2. The number of carbonyl (C=O) groups excluding carboxylic acids is 2. The maximum atomic E-state index is 13.5. The molecule has 0 radical (unpaired) electrons. The number of hydrogen-bond acceptors (Lipinski definition) is 6. The van der Waals surface area contributed by atoms with Gasteiger partial charge in [0.05, 0.1) is 22.2 Å². The number of ether oxygens (including phenoxy) is 1. The SMILES string of the molecule is N#Cc1ccc(C(=O)NC23CCC(NC(=O)COc4ccc(Cl)c(F)c4)(CC2)C(O)C3)nc1. The lowest BCUT2D eigenvalue weighted by Crippen LogP contribution is -2.70. The number of pyridine rings is 1. The topological polar surface area (TPSA) is 124 Å². The Morgan fingerprint density at radius 2 is 2.00 bits per heavy atom. The molecule has 1 aromatic heterocycles. The highest BCUT2D eigenvalue weighted by atomic mass is 35.5. The third kappa shape index (κ3) is 4.77. The largest absolute Gasteiger partial charge is 0.484 e. The van der Waals surface area contributed by atoms with E-state index in [1.165, 1.54) is 30.5 Å². The summed E-state index contributed by atoms with van der Waals surface area (Å²) in [6, 6.07) is 8.88. The zero-order chi connectivity index (χ0) is 23.6. The van der Waals surface area contributed by atoms with E-state index in [-0.39, 0.29) is 29.0 Å². The number of rotatable bonds is 6. The van der Waals surface area contributed by atoms with Crippen LogP contribution in [0, 0.1) is 17.1 Å². The summed E-state index contributed by atoms with van der Waals surface area (Å²) in [7, 11) is 0. The van der Waals surface area contributed by atoms with E-state index in [4.69, 9.17) is 21.6 Å². The summed E-state index contributed by atoms with van der Waals surface area (Å²) < 4.78 is 18.9. The van der Waals surface area contributed by atoms with Crippen LogP contribution in [0.25, 0.3) is 0 Å². The maximum absolute atomic E-state index is 13.5. The van der Waals surface area contributed by atoms with E-state index in [9.17, 15) is 19.1 Å². The fourth-order valence-electron chi connectivity index (χ4n) is 4.59. The van der Waals surface area contributed by atoms with Crippen molar-refractivity contribution in [3.8, 4) is 11.8 Å². The van der Waals surface area contributed by atoms with Gasteiger partial charge in [0.15, 0.2) is 6.61 Å². The molecular weight excluding hydrogens is 451 g/mol. The Kier molecular flexibility index (Phi) is 6.23. The van der Waals surface area contributed by atoms with Gasteiger partial charge in [-0.05, 0) is 56.4 Å². The average Bonchev–Trinajstić information content (AvgIpc) is 2.81. The van der Waals surface area contributed by atoms with Crippen molar-refractivity contribution in [3.05, 3.63) is 58.6 Å². The van der Waals surface area contributed by atoms with Gasteiger partial charge in [0.25, 0.3) is 11.8 Å². The third-order valence-electron chi connectivity index (χ3n) is 6.47. The minimum Gasteiger partial charge on any atom is -0.484 e. The van der Waals surface area contributed by atoms with Gasteiger partial charge in [-0.1, -0.05) is 11.6 Å². The first-order valence-electron chi connectivity index (χ1n) is 10.5. The number of halogens is 2.